The number of hydrogen-bond donors (Lipinski definition) is 1. The van der Waals surface area contributed by atoms with Crippen molar-refractivity contribution >= 4 is 5.69 Å². The third-order valence-corrected chi connectivity index (χ3v) is 4.06. The summed E-state index contributed by atoms with van der Waals surface area (Å²) in [5.74, 6) is -0.307. The number of ether oxygens (including phenoxy) is 1. The molecule has 0 amide bonds. The molecule has 1 aliphatic carbocycles. The molecule has 0 aromatic heterocycles. The van der Waals surface area contributed by atoms with Crippen LogP contribution in [0.1, 0.15) is 38.2 Å². The minimum absolute atomic E-state index is 0.125. The van der Waals surface area contributed by atoms with Crippen molar-refractivity contribution in [3.8, 4) is 5.75 Å². The van der Waals surface area contributed by atoms with E-state index in [0.717, 1.165) is 17.0 Å². The first-order valence-corrected chi connectivity index (χ1v) is 7.47. The molecule has 1 saturated carbocycles. The summed E-state index contributed by atoms with van der Waals surface area (Å²) in [6.07, 6.45) is -2.47. The summed E-state index contributed by atoms with van der Waals surface area (Å²) in [4.78, 5) is 0. The fourth-order valence-corrected chi connectivity index (χ4v) is 2.84. The first kappa shape index (κ1) is 16.0. The summed E-state index contributed by atoms with van der Waals surface area (Å²) in [6, 6.07) is 5.91. The lowest BCUT2D eigenvalue weighted by Crippen LogP contribution is -2.32. The molecule has 21 heavy (non-hydrogen) atoms. The molecule has 0 heterocycles. The van der Waals surface area contributed by atoms with Crippen LogP contribution in [0, 0.1) is 12.8 Å². The summed E-state index contributed by atoms with van der Waals surface area (Å²) in [5, 5.41) is 3.37. The number of hydrogen-bond acceptors (Lipinski definition) is 2. The number of halogens is 3. The first-order chi connectivity index (χ1) is 9.90. The SMILES string of the molecule is CCOc1ccc(NC2CCC(C(F)(F)F)CC2)c(C)c1. The van der Waals surface area contributed by atoms with Crippen LogP contribution in [0.4, 0.5) is 18.9 Å². The Kier molecular flexibility index (Phi) is 5.01. The Morgan fingerprint density at radius 1 is 1.19 bits per heavy atom. The molecule has 0 radical (unpaired) electrons. The number of anilines is 1. The third-order valence-electron chi connectivity index (χ3n) is 4.06. The van der Waals surface area contributed by atoms with E-state index in [-0.39, 0.29) is 18.9 Å². The lowest BCUT2D eigenvalue weighted by Gasteiger charge is -2.31. The highest BCUT2D eigenvalue weighted by atomic mass is 19.4. The standard InChI is InChI=1S/C16H22F3NO/c1-3-21-14-8-9-15(11(2)10-14)20-13-6-4-12(5-7-13)16(17,18)19/h8-10,12-13,20H,3-7H2,1-2H3. The number of rotatable bonds is 4. The van der Waals surface area contributed by atoms with Crippen molar-refractivity contribution < 1.29 is 17.9 Å². The molecule has 2 nitrogen and oxygen atoms in total. The molecule has 2 rings (SSSR count). The smallest absolute Gasteiger partial charge is 0.391 e. The van der Waals surface area contributed by atoms with Gasteiger partial charge in [0.25, 0.3) is 0 Å². The highest BCUT2D eigenvalue weighted by Crippen LogP contribution is 2.38. The molecule has 0 saturated heterocycles. The predicted molar refractivity (Wildman–Crippen MR) is 77.8 cm³/mol. The Balaban J connectivity index is 1.92. The molecule has 0 unspecified atom stereocenters. The van der Waals surface area contributed by atoms with Gasteiger partial charge < -0.3 is 10.1 Å². The molecule has 0 spiro atoms. The van der Waals surface area contributed by atoms with Gasteiger partial charge >= 0.3 is 6.18 Å². The largest absolute Gasteiger partial charge is 0.494 e. The van der Waals surface area contributed by atoms with Gasteiger partial charge in [-0.3, -0.25) is 0 Å². The van der Waals surface area contributed by atoms with Crippen molar-refractivity contribution in [3.05, 3.63) is 23.8 Å². The van der Waals surface area contributed by atoms with E-state index in [1.54, 1.807) is 0 Å². The van der Waals surface area contributed by atoms with Crippen molar-refractivity contribution in [2.75, 3.05) is 11.9 Å². The number of alkyl halides is 3. The second-order valence-corrected chi connectivity index (χ2v) is 5.64. The minimum Gasteiger partial charge on any atom is -0.494 e. The molecule has 5 heteroatoms. The van der Waals surface area contributed by atoms with Crippen LogP contribution in [0.5, 0.6) is 5.75 Å². The fraction of sp³-hybridized carbons (Fsp3) is 0.625. The van der Waals surface area contributed by atoms with Gasteiger partial charge in [0.05, 0.1) is 12.5 Å². The van der Waals surface area contributed by atoms with Gasteiger partial charge in [0, 0.05) is 11.7 Å². The van der Waals surface area contributed by atoms with Crippen LogP contribution >= 0.6 is 0 Å². The van der Waals surface area contributed by atoms with Crippen molar-refractivity contribution in [3.63, 3.8) is 0 Å². The maximum atomic E-state index is 12.6. The van der Waals surface area contributed by atoms with E-state index in [1.165, 1.54) is 0 Å². The Labute approximate surface area is 123 Å². The van der Waals surface area contributed by atoms with Crippen LogP contribution in [0.2, 0.25) is 0 Å². The zero-order valence-corrected chi connectivity index (χ0v) is 12.5. The van der Waals surface area contributed by atoms with E-state index in [1.807, 2.05) is 32.0 Å². The highest BCUT2D eigenvalue weighted by molar-refractivity contribution is 5.54. The number of nitrogens with one attached hydrogen (secondary N) is 1. The molecular weight excluding hydrogens is 279 g/mol. The Morgan fingerprint density at radius 3 is 2.38 bits per heavy atom. The van der Waals surface area contributed by atoms with Gasteiger partial charge in [-0.05, 0) is 63.3 Å². The monoisotopic (exact) mass is 301 g/mol. The van der Waals surface area contributed by atoms with Gasteiger partial charge in [0.15, 0.2) is 0 Å². The van der Waals surface area contributed by atoms with Gasteiger partial charge in [-0.2, -0.15) is 13.2 Å². The molecule has 1 aromatic carbocycles. The Hall–Kier alpha value is -1.39. The maximum absolute atomic E-state index is 12.6. The normalized spacial score (nSPS) is 22.9. The number of aryl methyl sites for hydroxylation is 1. The summed E-state index contributed by atoms with van der Waals surface area (Å²) < 4.78 is 43.4. The number of benzene rings is 1. The maximum Gasteiger partial charge on any atom is 0.391 e. The minimum atomic E-state index is -4.04. The van der Waals surface area contributed by atoms with Gasteiger partial charge in [-0.15, -0.1) is 0 Å². The van der Waals surface area contributed by atoms with Crippen molar-refractivity contribution in [2.24, 2.45) is 5.92 Å². The lowest BCUT2D eigenvalue weighted by molar-refractivity contribution is -0.182. The predicted octanol–water partition coefficient (Wildman–Crippen LogP) is 4.93. The molecule has 0 atom stereocenters. The van der Waals surface area contributed by atoms with Crippen molar-refractivity contribution in [2.45, 2.75) is 51.7 Å². The van der Waals surface area contributed by atoms with Crippen LogP contribution in [0.25, 0.3) is 0 Å². The van der Waals surface area contributed by atoms with Crippen LogP contribution in [0.15, 0.2) is 18.2 Å². The summed E-state index contributed by atoms with van der Waals surface area (Å²) >= 11 is 0. The molecule has 1 fully saturated rings. The van der Waals surface area contributed by atoms with Gasteiger partial charge in [0.1, 0.15) is 5.75 Å². The second-order valence-electron chi connectivity index (χ2n) is 5.64. The molecule has 0 bridgehead atoms. The van der Waals surface area contributed by atoms with Gasteiger partial charge in [0.2, 0.25) is 0 Å². The van der Waals surface area contributed by atoms with E-state index in [4.69, 9.17) is 4.74 Å². The zero-order valence-electron chi connectivity index (χ0n) is 12.5. The summed E-state index contributed by atoms with van der Waals surface area (Å²) in [5.41, 5.74) is 2.04. The van der Waals surface area contributed by atoms with Crippen molar-refractivity contribution in [1.82, 2.24) is 0 Å². The van der Waals surface area contributed by atoms with Crippen LogP contribution in [-0.2, 0) is 0 Å². The Morgan fingerprint density at radius 2 is 1.86 bits per heavy atom. The van der Waals surface area contributed by atoms with E-state index < -0.39 is 12.1 Å². The molecule has 118 valence electrons. The summed E-state index contributed by atoms with van der Waals surface area (Å²) in [7, 11) is 0. The van der Waals surface area contributed by atoms with E-state index >= 15 is 0 Å². The topological polar surface area (TPSA) is 21.3 Å². The first-order valence-electron chi connectivity index (χ1n) is 7.47. The van der Waals surface area contributed by atoms with E-state index in [9.17, 15) is 13.2 Å². The molecule has 1 N–H and O–H groups in total. The van der Waals surface area contributed by atoms with Gasteiger partial charge in [-0.1, -0.05) is 0 Å². The van der Waals surface area contributed by atoms with Crippen LogP contribution in [0.3, 0.4) is 0 Å². The molecule has 1 aliphatic rings. The molecule has 0 aliphatic heterocycles. The zero-order chi connectivity index (χ0) is 15.5. The second kappa shape index (κ2) is 6.58. The van der Waals surface area contributed by atoms with E-state index in [0.29, 0.717) is 19.4 Å². The average molecular weight is 301 g/mol. The highest BCUT2D eigenvalue weighted by Gasteiger charge is 2.41. The van der Waals surface area contributed by atoms with Crippen molar-refractivity contribution in [1.29, 1.82) is 0 Å². The van der Waals surface area contributed by atoms with Crippen LogP contribution in [-0.4, -0.2) is 18.8 Å². The molecule has 1 aromatic rings. The summed E-state index contributed by atoms with van der Waals surface area (Å²) in [6.45, 7) is 4.53. The van der Waals surface area contributed by atoms with E-state index in [2.05, 4.69) is 5.32 Å². The molecular formula is C16H22F3NO. The lowest BCUT2D eigenvalue weighted by atomic mass is 9.85. The van der Waals surface area contributed by atoms with Gasteiger partial charge in [-0.25, -0.2) is 0 Å². The third kappa shape index (κ3) is 4.29. The Bertz CT molecular complexity index is 465. The fourth-order valence-electron chi connectivity index (χ4n) is 2.84. The van der Waals surface area contributed by atoms with Crippen LogP contribution < -0.4 is 10.1 Å². The average Bonchev–Trinajstić information content (AvgIpc) is 2.42. The quantitative estimate of drug-likeness (QED) is 0.851.